The topological polar surface area (TPSA) is 58.4 Å². The van der Waals surface area contributed by atoms with Crippen LogP contribution in [0.25, 0.3) is 0 Å². The Morgan fingerprint density at radius 3 is 2.38 bits per heavy atom. The van der Waals surface area contributed by atoms with Crippen LogP contribution in [0.2, 0.25) is 0 Å². The van der Waals surface area contributed by atoms with E-state index in [1.807, 2.05) is 6.92 Å². The summed E-state index contributed by atoms with van der Waals surface area (Å²) in [6, 6.07) is 0. The highest BCUT2D eigenvalue weighted by molar-refractivity contribution is 5.54. The molecule has 2 heterocycles. The third-order valence-corrected chi connectivity index (χ3v) is 4.04. The second-order valence-corrected chi connectivity index (χ2v) is 7.04. The second-order valence-electron chi connectivity index (χ2n) is 7.04. The maximum atomic E-state index is 12.4. The average Bonchev–Trinajstić information content (AvgIpc) is 2.91. The highest BCUT2D eigenvalue weighted by Crippen LogP contribution is 2.29. The van der Waals surface area contributed by atoms with Gasteiger partial charge in [0.15, 0.2) is 11.6 Å². The number of aromatic hydroxyl groups is 1. The summed E-state index contributed by atoms with van der Waals surface area (Å²) in [7, 11) is 0. The van der Waals surface area contributed by atoms with Crippen molar-refractivity contribution in [3.05, 3.63) is 15.9 Å². The molecule has 21 heavy (non-hydrogen) atoms. The molecule has 0 saturated carbocycles. The fourth-order valence-electron chi connectivity index (χ4n) is 2.65. The lowest BCUT2D eigenvalue weighted by Gasteiger charge is -2.22. The first kappa shape index (κ1) is 15.9. The van der Waals surface area contributed by atoms with E-state index < -0.39 is 0 Å². The normalized spacial score (nSPS) is 15.7. The molecule has 5 nitrogen and oxygen atoms in total. The molecule has 1 aromatic rings. The van der Waals surface area contributed by atoms with Gasteiger partial charge in [0, 0.05) is 19.6 Å². The summed E-state index contributed by atoms with van der Waals surface area (Å²) in [4.78, 5) is 14.5. The van der Waals surface area contributed by atoms with Crippen molar-refractivity contribution < 1.29 is 5.11 Å². The van der Waals surface area contributed by atoms with Crippen LogP contribution in [-0.4, -0.2) is 28.0 Å². The Kier molecular flexibility index (Phi) is 4.59. The number of hydrogen-bond acceptors (Lipinski definition) is 4. The number of nitrogens with zero attached hydrogens (tertiary/aromatic N) is 3. The minimum absolute atomic E-state index is 0.0800. The molecule has 1 saturated heterocycles. The zero-order valence-corrected chi connectivity index (χ0v) is 13.6. The van der Waals surface area contributed by atoms with Gasteiger partial charge >= 0.3 is 0 Å². The SMILES string of the molecule is CCc1c(O)c(N2CCCC2)nn(CCC(C)(C)C)c1=O. The molecule has 5 heteroatoms. The molecular formula is C16H27N3O2. The van der Waals surface area contributed by atoms with Crippen LogP contribution in [0.1, 0.15) is 52.5 Å². The van der Waals surface area contributed by atoms with Crippen molar-refractivity contribution in [3.8, 4) is 5.75 Å². The van der Waals surface area contributed by atoms with Gasteiger partial charge in [-0.2, -0.15) is 0 Å². The standard InChI is InChI=1S/C16H27N3O2/c1-5-12-13(20)14(18-9-6-7-10-18)17-19(15(12)21)11-8-16(2,3)4/h20H,5-11H2,1-4H3. The highest BCUT2D eigenvalue weighted by atomic mass is 16.3. The van der Waals surface area contributed by atoms with Gasteiger partial charge in [-0.1, -0.05) is 27.7 Å². The molecule has 1 aliphatic heterocycles. The van der Waals surface area contributed by atoms with Gasteiger partial charge in [-0.15, -0.1) is 5.10 Å². The van der Waals surface area contributed by atoms with Gasteiger partial charge in [0.1, 0.15) is 0 Å². The quantitative estimate of drug-likeness (QED) is 0.927. The predicted molar refractivity (Wildman–Crippen MR) is 85.1 cm³/mol. The van der Waals surface area contributed by atoms with E-state index in [1.54, 1.807) is 0 Å². The summed E-state index contributed by atoms with van der Waals surface area (Å²) in [5.41, 5.74) is 0.488. The van der Waals surface area contributed by atoms with Gasteiger partial charge in [-0.3, -0.25) is 4.79 Å². The lowest BCUT2D eigenvalue weighted by Crippen LogP contribution is -2.31. The van der Waals surface area contributed by atoms with Gasteiger partial charge in [-0.05, 0) is 31.1 Å². The Labute approximate surface area is 126 Å². The largest absolute Gasteiger partial charge is 0.504 e. The van der Waals surface area contributed by atoms with E-state index in [9.17, 15) is 9.90 Å². The van der Waals surface area contributed by atoms with Crippen LogP contribution in [0.4, 0.5) is 5.82 Å². The van der Waals surface area contributed by atoms with Crippen molar-refractivity contribution in [2.75, 3.05) is 18.0 Å². The fourth-order valence-corrected chi connectivity index (χ4v) is 2.65. The maximum absolute atomic E-state index is 12.4. The molecule has 0 atom stereocenters. The van der Waals surface area contributed by atoms with Crippen molar-refractivity contribution >= 4 is 5.82 Å². The van der Waals surface area contributed by atoms with E-state index in [1.165, 1.54) is 4.68 Å². The number of hydrogen-bond donors (Lipinski definition) is 1. The van der Waals surface area contributed by atoms with Crippen LogP contribution >= 0.6 is 0 Å². The maximum Gasteiger partial charge on any atom is 0.273 e. The molecule has 2 rings (SSSR count). The zero-order chi connectivity index (χ0) is 15.6. The monoisotopic (exact) mass is 293 g/mol. The molecule has 1 N–H and O–H groups in total. The van der Waals surface area contributed by atoms with Gasteiger partial charge < -0.3 is 10.0 Å². The smallest absolute Gasteiger partial charge is 0.273 e. The van der Waals surface area contributed by atoms with Crippen LogP contribution in [0.3, 0.4) is 0 Å². The predicted octanol–water partition coefficient (Wildman–Crippen LogP) is 2.55. The van der Waals surface area contributed by atoms with Crippen LogP contribution in [0, 0.1) is 5.41 Å². The third kappa shape index (κ3) is 3.57. The van der Waals surface area contributed by atoms with E-state index >= 15 is 0 Å². The molecule has 0 bridgehead atoms. The Balaban J connectivity index is 2.39. The first-order valence-corrected chi connectivity index (χ1v) is 7.91. The molecular weight excluding hydrogens is 266 g/mol. The second kappa shape index (κ2) is 6.08. The minimum Gasteiger partial charge on any atom is -0.504 e. The van der Waals surface area contributed by atoms with E-state index in [0.717, 1.165) is 32.4 Å². The summed E-state index contributed by atoms with van der Waals surface area (Å²) in [6.07, 6.45) is 3.64. The van der Waals surface area contributed by atoms with Crippen LogP contribution in [0.15, 0.2) is 4.79 Å². The Hall–Kier alpha value is -1.52. The van der Waals surface area contributed by atoms with Crippen LogP contribution in [-0.2, 0) is 13.0 Å². The first-order valence-electron chi connectivity index (χ1n) is 7.91. The van der Waals surface area contributed by atoms with E-state index in [4.69, 9.17) is 0 Å². The van der Waals surface area contributed by atoms with Crippen LogP contribution in [0.5, 0.6) is 5.75 Å². The lowest BCUT2D eigenvalue weighted by molar-refractivity contribution is 0.334. The Morgan fingerprint density at radius 2 is 1.86 bits per heavy atom. The van der Waals surface area contributed by atoms with Crippen molar-refractivity contribution in [1.82, 2.24) is 9.78 Å². The summed E-state index contributed by atoms with van der Waals surface area (Å²) < 4.78 is 1.54. The number of rotatable bonds is 4. The van der Waals surface area contributed by atoms with Gasteiger partial charge in [0.25, 0.3) is 5.56 Å². The van der Waals surface area contributed by atoms with E-state index in [2.05, 4.69) is 30.8 Å². The van der Waals surface area contributed by atoms with Crippen molar-refractivity contribution in [1.29, 1.82) is 0 Å². The highest BCUT2D eigenvalue weighted by Gasteiger charge is 2.23. The molecule has 0 radical (unpaired) electrons. The third-order valence-electron chi connectivity index (χ3n) is 4.04. The molecule has 0 unspecified atom stereocenters. The van der Waals surface area contributed by atoms with Crippen molar-refractivity contribution in [2.45, 2.75) is 59.9 Å². The van der Waals surface area contributed by atoms with Crippen molar-refractivity contribution in [2.24, 2.45) is 5.41 Å². The van der Waals surface area contributed by atoms with Gasteiger partial charge in [0.05, 0.1) is 5.56 Å². The Morgan fingerprint density at radius 1 is 1.24 bits per heavy atom. The number of aromatic nitrogens is 2. The minimum atomic E-state index is -0.151. The lowest BCUT2D eigenvalue weighted by atomic mass is 9.92. The molecule has 1 aliphatic rings. The number of aryl methyl sites for hydroxylation is 1. The summed E-state index contributed by atoms with van der Waals surface area (Å²) >= 11 is 0. The van der Waals surface area contributed by atoms with Gasteiger partial charge in [-0.25, -0.2) is 4.68 Å². The molecule has 0 spiro atoms. The summed E-state index contributed by atoms with van der Waals surface area (Å²) in [6.45, 7) is 10.8. The molecule has 0 amide bonds. The van der Waals surface area contributed by atoms with E-state index in [-0.39, 0.29) is 16.7 Å². The molecule has 0 aromatic carbocycles. The summed E-state index contributed by atoms with van der Waals surface area (Å²) in [5.74, 6) is 0.661. The first-order chi connectivity index (χ1) is 9.83. The molecule has 1 fully saturated rings. The van der Waals surface area contributed by atoms with Crippen molar-refractivity contribution in [3.63, 3.8) is 0 Å². The summed E-state index contributed by atoms with van der Waals surface area (Å²) in [5, 5.41) is 14.8. The fraction of sp³-hybridized carbons (Fsp3) is 0.750. The zero-order valence-electron chi connectivity index (χ0n) is 13.6. The number of anilines is 1. The molecule has 0 aliphatic carbocycles. The molecule has 1 aromatic heterocycles. The van der Waals surface area contributed by atoms with E-state index in [0.29, 0.717) is 24.3 Å². The van der Waals surface area contributed by atoms with Gasteiger partial charge in [0.2, 0.25) is 0 Å². The average molecular weight is 293 g/mol. The van der Waals surface area contributed by atoms with Crippen LogP contribution < -0.4 is 10.5 Å². The Bertz CT molecular complexity index is 552. The molecule has 118 valence electrons.